The zero-order valence-electron chi connectivity index (χ0n) is 20.6. The molecule has 2 aliphatic heterocycles. The van der Waals surface area contributed by atoms with E-state index in [0.29, 0.717) is 13.0 Å². The average Bonchev–Trinajstić information content (AvgIpc) is 3.66. The average molecular weight is 465 g/mol. The van der Waals surface area contributed by atoms with Crippen molar-refractivity contribution in [1.82, 2.24) is 10.6 Å². The van der Waals surface area contributed by atoms with Gasteiger partial charge in [-0.1, -0.05) is 11.6 Å². The summed E-state index contributed by atoms with van der Waals surface area (Å²) in [5.74, 6) is 0.0160. The monoisotopic (exact) mass is 464 g/mol. The molecule has 8 heteroatoms. The number of alkyl carbamates (subject to hydrolysis) is 1. The van der Waals surface area contributed by atoms with E-state index in [0.717, 1.165) is 38.5 Å². The van der Waals surface area contributed by atoms with E-state index in [1.54, 1.807) is 14.0 Å². The number of amides is 2. The van der Waals surface area contributed by atoms with Gasteiger partial charge >= 0.3 is 6.09 Å². The van der Waals surface area contributed by atoms with Crippen LogP contribution in [0, 0.1) is 5.92 Å². The lowest BCUT2D eigenvalue weighted by molar-refractivity contribution is -0.120. The number of nitrogens with one attached hydrogen (secondary N) is 2. The molecule has 4 fully saturated rings. The van der Waals surface area contributed by atoms with Gasteiger partial charge in [-0.3, -0.25) is 4.79 Å². The van der Waals surface area contributed by atoms with Gasteiger partial charge < -0.3 is 29.6 Å². The Morgan fingerprint density at radius 2 is 1.70 bits per heavy atom. The second kappa shape index (κ2) is 9.55. The third-order valence-electron chi connectivity index (χ3n) is 7.95. The predicted octanol–water partition coefficient (Wildman–Crippen LogP) is 3.24. The summed E-state index contributed by atoms with van der Waals surface area (Å²) in [5.41, 5.74) is 0.707. The van der Waals surface area contributed by atoms with Crippen molar-refractivity contribution in [2.24, 2.45) is 5.92 Å². The van der Waals surface area contributed by atoms with Crippen LogP contribution in [0.4, 0.5) is 4.79 Å². The van der Waals surface area contributed by atoms with Gasteiger partial charge in [-0.25, -0.2) is 4.79 Å². The third kappa shape index (κ3) is 5.38. The van der Waals surface area contributed by atoms with Crippen LogP contribution in [-0.4, -0.2) is 67.3 Å². The van der Waals surface area contributed by atoms with Crippen LogP contribution >= 0.6 is 0 Å². The van der Waals surface area contributed by atoms with Crippen LogP contribution in [0.1, 0.15) is 72.6 Å². The molecule has 2 saturated carbocycles. The molecule has 2 saturated heterocycles. The summed E-state index contributed by atoms with van der Waals surface area (Å²) in [5, 5.41) is 6.00. The summed E-state index contributed by atoms with van der Waals surface area (Å²) in [6.45, 7) is 8.59. The fourth-order valence-electron chi connectivity index (χ4n) is 6.08. The van der Waals surface area contributed by atoms with Crippen molar-refractivity contribution in [3.8, 4) is 0 Å². The van der Waals surface area contributed by atoms with Crippen molar-refractivity contribution in [2.45, 2.75) is 114 Å². The van der Waals surface area contributed by atoms with Crippen molar-refractivity contribution in [3.05, 3.63) is 11.6 Å². The maximum absolute atomic E-state index is 12.8. The first kappa shape index (κ1) is 24.5. The quantitative estimate of drug-likeness (QED) is 0.443. The summed E-state index contributed by atoms with van der Waals surface area (Å²) < 4.78 is 24.1. The maximum atomic E-state index is 12.8. The van der Waals surface area contributed by atoms with Crippen LogP contribution in [0.2, 0.25) is 0 Å². The van der Waals surface area contributed by atoms with E-state index in [-0.39, 0.29) is 59.5 Å². The van der Waals surface area contributed by atoms with Gasteiger partial charge in [0.15, 0.2) is 0 Å². The molecule has 2 amide bonds. The molecule has 0 aromatic heterocycles. The molecule has 4 aliphatic rings. The number of hydrogen-bond donors (Lipinski definition) is 2. The number of methoxy groups -OCH3 is 1. The molecule has 2 aliphatic carbocycles. The lowest BCUT2D eigenvalue weighted by Crippen LogP contribution is -2.56. The topological polar surface area (TPSA) is 102 Å². The van der Waals surface area contributed by atoms with Gasteiger partial charge in [0.25, 0.3) is 0 Å². The first-order chi connectivity index (χ1) is 15.7. The van der Waals surface area contributed by atoms with E-state index in [1.165, 1.54) is 5.57 Å². The van der Waals surface area contributed by atoms with Gasteiger partial charge in [-0.2, -0.15) is 0 Å². The molecule has 4 rings (SSSR count). The van der Waals surface area contributed by atoms with Gasteiger partial charge in [-0.05, 0) is 65.7 Å². The number of hydrogen-bond acceptors (Lipinski definition) is 6. The van der Waals surface area contributed by atoms with Crippen LogP contribution in [0.3, 0.4) is 0 Å². The highest BCUT2D eigenvalue weighted by atomic mass is 16.6. The van der Waals surface area contributed by atoms with Gasteiger partial charge in [0.05, 0.1) is 18.6 Å². The molecule has 0 bridgehead atoms. The molecule has 33 heavy (non-hydrogen) atoms. The molecule has 2 N–H and O–H groups in total. The molecule has 6 atom stereocenters. The number of epoxide rings is 2. The lowest BCUT2D eigenvalue weighted by atomic mass is 9.68. The molecule has 0 aromatic rings. The highest BCUT2D eigenvalue weighted by Crippen LogP contribution is 2.59. The van der Waals surface area contributed by atoms with Crippen molar-refractivity contribution in [1.29, 1.82) is 0 Å². The largest absolute Gasteiger partial charge is 0.443 e. The van der Waals surface area contributed by atoms with Crippen LogP contribution in [0.25, 0.3) is 0 Å². The SMILES string of the molecule is COC1C(OC(=O)N[C@H]2CC[C@H](NC(C)=O)CC2)CC[C@]2(CO2)C1C1(C)O[C@@H]1CC=C(C)C. The van der Waals surface area contributed by atoms with Gasteiger partial charge in [0.2, 0.25) is 5.91 Å². The standard InChI is InChI=1S/C25H40N2O6/c1-15(2)6-11-20-24(4,33-20)22-21(30-5)19(12-13-25(22)14-31-25)32-23(29)27-18-9-7-17(8-10-18)26-16(3)28/h6,17-22H,7-14H2,1-5H3,(H,26,28)(H,27,29)/t17-,18-,19?,20-,21?,22?,24?,25+/m1/s1. The Balaban J connectivity index is 1.34. The minimum atomic E-state index is -0.389. The number of allylic oxidation sites excluding steroid dienone is 1. The molecule has 1 spiro atoms. The van der Waals surface area contributed by atoms with Crippen molar-refractivity contribution >= 4 is 12.0 Å². The van der Waals surface area contributed by atoms with Crippen LogP contribution in [-0.2, 0) is 23.7 Å². The summed E-state index contributed by atoms with van der Waals surface area (Å²) in [6, 6.07) is 0.264. The van der Waals surface area contributed by atoms with Crippen LogP contribution in [0.15, 0.2) is 11.6 Å². The first-order valence-electron chi connectivity index (χ1n) is 12.4. The Bertz CT molecular complexity index is 769. The number of ether oxygens (including phenoxy) is 4. The van der Waals surface area contributed by atoms with E-state index in [4.69, 9.17) is 18.9 Å². The van der Waals surface area contributed by atoms with E-state index in [2.05, 4.69) is 37.5 Å². The summed E-state index contributed by atoms with van der Waals surface area (Å²) in [7, 11) is 1.69. The van der Waals surface area contributed by atoms with Crippen LogP contribution in [0.5, 0.6) is 0 Å². The minimum Gasteiger partial charge on any atom is -0.443 e. The number of carbonyl (C=O) groups excluding carboxylic acids is 2. The highest BCUT2D eigenvalue weighted by Gasteiger charge is 2.72. The zero-order chi connectivity index (χ0) is 23.8. The van der Waals surface area contributed by atoms with Gasteiger partial charge in [-0.15, -0.1) is 0 Å². The Hall–Kier alpha value is -1.64. The predicted molar refractivity (Wildman–Crippen MR) is 123 cm³/mol. The molecular formula is C25H40N2O6. The highest BCUT2D eigenvalue weighted by molar-refractivity contribution is 5.73. The number of rotatable bonds is 7. The van der Waals surface area contributed by atoms with Gasteiger partial charge in [0, 0.05) is 26.1 Å². The second-order valence-corrected chi connectivity index (χ2v) is 10.7. The second-order valence-electron chi connectivity index (χ2n) is 10.7. The third-order valence-corrected chi connectivity index (χ3v) is 7.95. The molecule has 2 heterocycles. The fraction of sp³-hybridized carbons (Fsp3) is 0.840. The number of carbonyl (C=O) groups is 2. The van der Waals surface area contributed by atoms with Crippen molar-refractivity contribution in [3.63, 3.8) is 0 Å². The van der Waals surface area contributed by atoms with E-state index in [1.807, 2.05) is 0 Å². The lowest BCUT2D eigenvalue weighted by Gasteiger charge is -2.42. The summed E-state index contributed by atoms with van der Waals surface area (Å²) in [6.07, 6.45) is 7.14. The fourth-order valence-corrected chi connectivity index (χ4v) is 6.08. The smallest absolute Gasteiger partial charge is 0.407 e. The Morgan fingerprint density at radius 1 is 1.06 bits per heavy atom. The summed E-state index contributed by atoms with van der Waals surface area (Å²) in [4.78, 5) is 24.0. The molecule has 0 radical (unpaired) electrons. The van der Waals surface area contributed by atoms with E-state index in [9.17, 15) is 9.59 Å². The summed E-state index contributed by atoms with van der Waals surface area (Å²) >= 11 is 0. The van der Waals surface area contributed by atoms with E-state index < -0.39 is 0 Å². The van der Waals surface area contributed by atoms with E-state index >= 15 is 0 Å². The maximum Gasteiger partial charge on any atom is 0.407 e. The van der Waals surface area contributed by atoms with Crippen molar-refractivity contribution in [2.75, 3.05) is 13.7 Å². The molecule has 8 nitrogen and oxygen atoms in total. The molecular weight excluding hydrogens is 424 g/mol. The molecule has 4 unspecified atom stereocenters. The molecule has 186 valence electrons. The Labute approximate surface area is 197 Å². The zero-order valence-corrected chi connectivity index (χ0v) is 20.6. The normalized spacial score (nSPS) is 41.7. The molecule has 0 aromatic carbocycles. The Kier molecular flexibility index (Phi) is 7.08. The minimum absolute atomic E-state index is 0.00267. The Morgan fingerprint density at radius 3 is 2.24 bits per heavy atom. The van der Waals surface area contributed by atoms with Gasteiger partial charge in [0.1, 0.15) is 23.4 Å². The van der Waals surface area contributed by atoms with Crippen LogP contribution < -0.4 is 10.6 Å². The van der Waals surface area contributed by atoms with Crippen molar-refractivity contribution < 1.29 is 28.5 Å². The first-order valence-corrected chi connectivity index (χ1v) is 12.4.